The number of anilines is 1. The van der Waals surface area contributed by atoms with Crippen LogP contribution in [0.2, 0.25) is 0 Å². The van der Waals surface area contributed by atoms with Crippen LogP contribution in [0.5, 0.6) is 0 Å². The number of thiazole rings is 1. The smallest absolute Gasteiger partial charge is 0.261 e. The molecule has 0 amide bonds. The van der Waals surface area contributed by atoms with Gasteiger partial charge >= 0.3 is 0 Å². The summed E-state index contributed by atoms with van der Waals surface area (Å²) in [4.78, 5) is 24.0. The molecule has 1 atom stereocenters. The van der Waals surface area contributed by atoms with Crippen LogP contribution in [0.15, 0.2) is 40.2 Å². The van der Waals surface area contributed by atoms with Crippen LogP contribution < -0.4 is 16.6 Å². The summed E-state index contributed by atoms with van der Waals surface area (Å²) in [6.07, 6.45) is 3.59. The number of amidine groups is 1. The molecular weight excluding hydrogens is 362 g/mol. The lowest BCUT2D eigenvalue weighted by Crippen LogP contribution is -2.33. The van der Waals surface area contributed by atoms with Gasteiger partial charge in [-0.1, -0.05) is 0 Å². The van der Waals surface area contributed by atoms with Gasteiger partial charge in [-0.05, 0) is 44.0 Å². The van der Waals surface area contributed by atoms with Crippen molar-refractivity contribution in [3.05, 3.63) is 51.4 Å². The number of aromatic nitrogens is 2. The third-order valence-corrected chi connectivity index (χ3v) is 5.40. The molecule has 2 aromatic heterocycles. The maximum atomic E-state index is 12.4. The van der Waals surface area contributed by atoms with Crippen LogP contribution in [0, 0.1) is 6.92 Å². The molecule has 1 saturated heterocycles. The highest BCUT2D eigenvalue weighted by Gasteiger charge is 2.18. The summed E-state index contributed by atoms with van der Waals surface area (Å²) >= 11 is 1.60. The van der Waals surface area contributed by atoms with E-state index in [9.17, 15) is 4.79 Å². The number of hydrogen-bond acceptors (Lipinski definition) is 6. The van der Waals surface area contributed by atoms with Gasteiger partial charge in [0.05, 0.1) is 33.2 Å². The van der Waals surface area contributed by atoms with Gasteiger partial charge in [0.15, 0.2) is 0 Å². The van der Waals surface area contributed by atoms with Crippen LogP contribution in [0.25, 0.3) is 10.2 Å². The largest absolute Gasteiger partial charge is 0.383 e. The molecule has 4 rings (SSSR count). The van der Waals surface area contributed by atoms with E-state index in [0.717, 1.165) is 34.7 Å². The number of H-pyrrole nitrogens is 1. The Morgan fingerprint density at radius 2 is 2.33 bits per heavy atom. The molecule has 0 saturated carbocycles. The molecule has 0 aliphatic carbocycles. The van der Waals surface area contributed by atoms with E-state index in [2.05, 4.69) is 20.3 Å². The van der Waals surface area contributed by atoms with Crippen molar-refractivity contribution in [1.82, 2.24) is 9.97 Å². The fraction of sp³-hybridized carbons (Fsp3) is 0.316. The number of nitrogens with zero attached hydrogens (tertiary/aromatic N) is 2. The first-order chi connectivity index (χ1) is 13.1. The van der Waals surface area contributed by atoms with Crippen molar-refractivity contribution in [3.63, 3.8) is 0 Å². The van der Waals surface area contributed by atoms with Gasteiger partial charge in [-0.2, -0.15) is 0 Å². The van der Waals surface area contributed by atoms with Gasteiger partial charge in [0, 0.05) is 18.8 Å². The monoisotopic (exact) mass is 383 g/mol. The van der Waals surface area contributed by atoms with E-state index in [1.54, 1.807) is 17.5 Å². The van der Waals surface area contributed by atoms with Crippen LogP contribution in [0.1, 0.15) is 23.4 Å². The molecule has 7 nitrogen and oxygen atoms in total. The van der Waals surface area contributed by atoms with Gasteiger partial charge in [-0.25, -0.2) is 9.98 Å². The van der Waals surface area contributed by atoms with Crippen LogP contribution in [0.3, 0.4) is 0 Å². The summed E-state index contributed by atoms with van der Waals surface area (Å²) in [6.45, 7) is 3.37. The Kier molecular flexibility index (Phi) is 4.91. The highest BCUT2D eigenvalue weighted by Crippen LogP contribution is 2.26. The minimum Gasteiger partial charge on any atom is -0.383 e. The third-order valence-electron chi connectivity index (χ3n) is 4.47. The number of benzene rings is 1. The number of aromatic amines is 1. The molecule has 3 aromatic rings. The molecule has 3 heterocycles. The van der Waals surface area contributed by atoms with Crippen molar-refractivity contribution in [2.45, 2.75) is 25.8 Å². The second-order valence-corrected chi connectivity index (χ2v) is 7.77. The van der Waals surface area contributed by atoms with Crippen LogP contribution >= 0.6 is 11.3 Å². The Morgan fingerprint density at radius 1 is 1.44 bits per heavy atom. The maximum Gasteiger partial charge on any atom is 0.261 e. The van der Waals surface area contributed by atoms with Crippen LogP contribution in [-0.2, 0) is 4.74 Å². The van der Waals surface area contributed by atoms with Crippen molar-refractivity contribution in [2.24, 2.45) is 10.7 Å². The Balaban J connectivity index is 1.67. The van der Waals surface area contributed by atoms with Gasteiger partial charge in [0.2, 0.25) is 0 Å². The summed E-state index contributed by atoms with van der Waals surface area (Å²) in [6, 6.07) is 7.67. The van der Waals surface area contributed by atoms with Gasteiger partial charge < -0.3 is 20.8 Å². The number of hydrogen-bond donors (Lipinski definition) is 3. The molecule has 1 aliphatic heterocycles. The van der Waals surface area contributed by atoms with Gasteiger partial charge in [-0.15, -0.1) is 11.3 Å². The Hall–Kier alpha value is -2.71. The summed E-state index contributed by atoms with van der Waals surface area (Å²) in [5.41, 5.74) is 8.61. The van der Waals surface area contributed by atoms with Crippen molar-refractivity contribution in [3.8, 4) is 0 Å². The minimum atomic E-state index is -0.271. The summed E-state index contributed by atoms with van der Waals surface area (Å²) in [5.74, 6) is 0.177. The fourth-order valence-electron chi connectivity index (χ4n) is 3.22. The van der Waals surface area contributed by atoms with Crippen molar-refractivity contribution < 1.29 is 4.74 Å². The third kappa shape index (κ3) is 3.86. The lowest BCUT2D eigenvalue weighted by Gasteiger charge is -2.25. The maximum absolute atomic E-state index is 12.4. The quantitative estimate of drug-likeness (QED) is 0.474. The number of nitrogens with two attached hydrogens (primary N) is 1. The number of ether oxygens (including phenoxy) is 1. The number of pyridine rings is 1. The predicted octanol–water partition coefficient (Wildman–Crippen LogP) is 2.92. The average Bonchev–Trinajstić information content (AvgIpc) is 3.02. The Labute approximate surface area is 160 Å². The SMILES string of the molecule is Cc1nc2ccc(N=C(N)c3c(N[C@@H]4CCCOC4)cc[nH]c3=O)cc2s1. The first-order valence-electron chi connectivity index (χ1n) is 8.88. The molecule has 27 heavy (non-hydrogen) atoms. The highest BCUT2D eigenvalue weighted by molar-refractivity contribution is 7.18. The molecule has 0 bridgehead atoms. The molecule has 4 N–H and O–H groups in total. The molecule has 0 unspecified atom stereocenters. The first-order valence-corrected chi connectivity index (χ1v) is 9.69. The molecule has 1 aromatic carbocycles. The van der Waals surface area contributed by atoms with Crippen LogP contribution in [0.4, 0.5) is 11.4 Å². The zero-order valence-electron chi connectivity index (χ0n) is 15.0. The molecule has 8 heteroatoms. The molecule has 140 valence electrons. The Bertz CT molecular complexity index is 1050. The number of rotatable bonds is 4. The van der Waals surface area contributed by atoms with Gasteiger partial charge in [0.25, 0.3) is 5.56 Å². The van der Waals surface area contributed by atoms with E-state index in [1.165, 1.54) is 0 Å². The predicted molar refractivity (Wildman–Crippen MR) is 109 cm³/mol. The number of nitrogens with one attached hydrogen (secondary N) is 2. The first kappa shape index (κ1) is 17.7. The highest BCUT2D eigenvalue weighted by atomic mass is 32.1. The van der Waals surface area contributed by atoms with E-state index in [4.69, 9.17) is 10.5 Å². The minimum absolute atomic E-state index is 0.156. The summed E-state index contributed by atoms with van der Waals surface area (Å²) in [5, 5.41) is 4.38. The van der Waals surface area contributed by atoms with E-state index < -0.39 is 0 Å². The summed E-state index contributed by atoms with van der Waals surface area (Å²) in [7, 11) is 0. The van der Waals surface area contributed by atoms with E-state index in [0.29, 0.717) is 23.5 Å². The van der Waals surface area contributed by atoms with Gasteiger partial charge in [0.1, 0.15) is 11.4 Å². The second-order valence-electron chi connectivity index (χ2n) is 6.54. The van der Waals surface area contributed by atoms with E-state index >= 15 is 0 Å². The second kappa shape index (κ2) is 7.50. The zero-order chi connectivity index (χ0) is 18.8. The van der Waals surface area contributed by atoms with Gasteiger partial charge in [-0.3, -0.25) is 4.79 Å². The summed E-state index contributed by atoms with van der Waals surface area (Å²) < 4.78 is 6.55. The van der Waals surface area contributed by atoms with Crippen LogP contribution in [-0.4, -0.2) is 35.1 Å². The number of aryl methyl sites for hydroxylation is 1. The Morgan fingerprint density at radius 3 is 3.15 bits per heavy atom. The van der Waals surface area contributed by atoms with Crippen molar-refractivity contribution >= 4 is 38.8 Å². The number of aliphatic imine (C=N–C) groups is 1. The van der Waals surface area contributed by atoms with Crippen molar-refractivity contribution in [1.29, 1.82) is 0 Å². The normalized spacial score (nSPS) is 18.0. The number of fused-ring (bicyclic) bond motifs is 1. The molecule has 0 radical (unpaired) electrons. The topological polar surface area (TPSA) is 105 Å². The lowest BCUT2D eigenvalue weighted by atomic mass is 10.1. The standard InChI is InChI=1S/C19H21N5O2S/c1-11-22-14-5-4-12(9-16(14)27-11)24-18(20)17-15(6-7-21-19(17)25)23-13-3-2-8-26-10-13/h4-7,9,13H,2-3,8,10H2,1H3,(H2,20,24)(H2,21,23,25)/t13-/m1/s1. The molecule has 1 fully saturated rings. The lowest BCUT2D eigenvalue weighted by molar-refractivity contribution is 0.0876. The molecule has 0 spiro atoms. The molecular formula is C19H21N5O2S. The van der Waals surface area contributed by atoms with E-state index in [1.807, 2.05) is 31.2 Å². The molecule has 1 aliphatic rings. The fourth-order valence-corrected chi connectivity index (χ4v) is 4.08. The van der Waals surface area contributed by atoms with Crippen molar-refractivity contribution in [2.75, 3.05) is 18.5 Å². The van der Waals surface area contributed by atoms with E-state index in [-0.39, 0.29) is 17.4 Å². The zero-order valence-corrected chi connectivity index (χ0v) is 15.8. The average molecular weight is 383 g/mol.